The molecule has 0 atom stereocenters. The van der Waals surface area contributed by atoms with Crippen molar-refractivity contribution in [1.29, 1.82) is 0 Å². The highest BCUT2D eigenvalue weighted by Crippen LogP contribution is 2.36. The van der Waals surface area contributed by atoms with Crippen LogP contribution < -0.4 is 15.1 Å². The summed E-state index contributed by atoms with van der Waals surface area (Å²) in [5, 5.41) is 3.41. The minimum atomic E-state index is -0.412. The molecule has 0 radical (unpaired) electrons. The quantitative estimate of drug-likeness (QED) is 0.563. The Morgan fingerprint density at radius 1 is 1.17 bits per heavy atom. The van der Waals surface area contributed by atoms with Crippen LogP contribution in [0.2, 0.25) is 10.0 Å². The van der Waals surface area contributed by atoms with E-state index in [0.29, 0.717) is 39.5 Å². The van der Waals surface area contributed by atoms with Gasteiger partial charge in [-0.15, -0.1) is 0 Å². The number of pyridine rings is 1. The van der Waals surface area contributed by atoms with Crippen LogP contribution in [0, 0.1) is 5.82 Å². The highest BCUT2D eigenvalue weighted by Gasteiger charge is 2.25. The number of nitrogens with zero attached hydrogens (tertiary/aromatic N) is 3. The summed E-state index contributed by atoms with van der Waals surface area (Å²) in [4.78, 5) is 20.3. The lowest BCUT2D eigenvalue weighted by Crippen LogP contribution is -2.31. The molecule has 0 fully saturated rings. The summed E-state index contributed by atoms with van der Waals surface area (Å²) >= 11 is 12.3. The number of halogens is 3. The molecule has 148 valence electrons. The molecule has 1 N–H and O–H groups in total. The van der Waals surface area contributed by atoms with Crippen LogP contribution in [-0.2, 0) is 6.42 Å². The highest BCUT2D eigenvalue weighted by molar-refractivity contribution is 6.39. The first kappa shape index (κ1) is 19.5. The minimum absolute atomic E-state index is 0.285. The normalized spacial score (nSPS) is 12.6. The third-order valence-electron chi connectivity index (χ3n) is 4.84. The van der Waals surface area contributed by atoms with E-state index in [0.717, 1.165) is 12.0 Å². The number of amides is 2. The van der Waals surface area contributed by atoms with Crippen LogP contribution in [0.3, 0.4) is 0 Å². The van der Waals surface area contributed by atoms with Gasteiger partial charge in [-0.3, -0.25) is 4.90 Å². The van der Waals surface area contributed by atoms with Crippen molar-refractivity contribution in [2.24, 2.45) is 0 Å². The predicted octanol–water partition coefficient (Wildman–Crippen LogP) is 5.89. The van der Waals surface area contributed by atoms with Gasteiger partial charge in [-0.25, -0.2) is 14.2 Å². The van der Waals surface area contributed by atoms with E-state index in [1.807, 2.05) is 11.0 Å². The van der Waals surface area contributed by atoms with Crippen molar-refractivity contribution in [3.05, 3.63) is 76.2 Å². The molecule has 8 heteroatoms. The number of rotatable bonds is 3. The first-order valence-corrected chi connectivity index (χ1v) is 9.71. The molecule has 0 saturated carbocycles. The third kappa shape index (κ3) is 3.73. The number of fused-ring (bicyclic) bond motifs is 1. The molecular weight excluding hydrogens is 414 g/mol. The first-order chi connectivity index (χ1) is 14.0. The number of hydrogen-bond donors (Lipinski definition) is 1. The number of carbonyl (C=O) groups is 1. The van der Waals surface area contributed by atoms with Gasteiger partial charge in [-0.05, 0) is 36.2 Å². The van der Waals surface area contributed by atoms with E-state index in [2.05, 4.69) is 10.3 Å². The summed E-state index contributed by atoms with van der Waals surface area (Å²) < 4.78 is 14.4. The second kappa shape index (κ2) is 7.89. The van der Waals surface area contributed by atoms with Gasteiger partial charge in [-0.1, -0.05) is 41.4 Å². The molecule has 1 aliphatic heterocycles. The van der Waals surface area contributed by atoms with Crippen molar-refractivity contribution in [3.63, 3.8) is 0 Å². The molecule has 2 amide bonds. The van der Waals surface area contributed by atoms with Gasteiger partial charge in [0.05, 0.1) is 27.1 Å². The standard InChI is InChI=1S/C21H17Cl2FN4O/c1-27(21(29)26-19-15(22)5-3-6-16(19)23)14-8-10-25-18(12-14)28-11-9-13-4-2-7-17(24)20(13)28/h2-8,10,12H,9,11H2,1H3,(H,26,29). The number of para-hydroxylation sites is 2. The zero-order valence-electron chi connectivity index (χ0n) is 15.5. The topological polar surface area (TPSA) is 48.5 Å². The number of anilines is 4. The Balaban J connectivity index is 1.59. The average molecular weight is 431 g/mol. The monoisotopic (exact) mass is 430 g/mol. The van der Waals surface area contributed by atoms with E-state index < -0.39 is 6.03 Å². The van der Waals surface area contributed by atoms with Gasteiger partial charge >= 0.3 is 6.03 Å². The Labute approximate surface area is 177 Å². The number of benzene rings is 2. The summed E-state index contributed by atoms with van der Waals surface area (Å²) in [5.41, 5.74) is 2.42. The van der Waals surface area contributed by atoms with Gasteiger partial charge in [0.1, 0.15) is 11.6 Å². The van der Waals surface area contributed by atoms with Crippen molar-refractivity contribution >= 4 is 52.1 Å². The molecular formula is C21H17Cl2FN4O. The highest BCUT2D eigenvalue weighted by atomic mass is 35.5. The summed E-state index contributed by atoms with van der Waals surface area (Å²) in [6.45, 7) is 0.623. The molecule has 4 rings (SSSR count). The largest absolute Gasteiger partial charge is 0.326 e. The number of aromatic nitrogens is 1. The number of urea groups is 1. The second-order valence-corrected chi connectivity index (χ2v) is 7.42. The van der Waals surface area contributed by atoms with Crippen molar-refractivity contribution in [2.45, 2.75) is 6.42 Å². The van der Waals surface area contributed by atoms with Crippen molar-refractivity contribution in [1.82, 2.24) is 4.98 Å². The van der Waals surface area contributed by atoms with E-state index in [9.17, 15) is 9.18 Å². The molecule has 1 aromatic heterocycles. The van der Waals surface area contributed by atoms with Crippen LogP contribution in [0.5, 0.6) is 0 Å². The van der Waals surface area contributed by atoms with Crippen molar-refractivity contribution in [3.8, 4) is 0 Å². The van der Waals surface area contributed by atoms with Gasteiger partial charge in [0, 0.05) is 25.9 Å². The van der Waals surface area contributed by atoms with Crippen molar-refractivity contribution in [2.75, 3.05) is 28.7 Å². The zero-order chi connectivity index (χ0) is 20.5. The molecule has 2 aromatic carbocycles. The Morgan fingerprint density at radius 2 is 1.90 bits per heavy atom. The second-order valence-electron chi connectivity index (χ2n) is 6.61. The lowest BCUT2D eigenvalue weighted by atomic mass is 10.1. The number of carbonyl (C=O) groups excluding carboxylic acids is 1. The van der Waals surface area contributed by atoms with Gasteiger partial charge in [0.25, 0.3) is 0 Å². The summed E-state index contributed by atoms with van der Waals surface area (Å²) in [7, 11) is 1.62. The van der Waals surface area contributed by atoms with Crippen LogP contribution in [0.4, 0.5) is 32.1 Å². The molecule has 0 unspecified atom stereocenters. The molecule has 29 heavy (non-hydrogen) atoms. The van der Waals surface area contributed by atoms with Gasteiger partial charge in [0.2, 0.25) is 0 Å². The van der Waals surface area contributed by atoms with Crippen LogP contribution in [0.1, 0.15) is 5.56 Å². The maximum absolute atomic E-state index is 14.4. The number of hydrogen-bond acceptors (Lipinski definition) is 3. The molecule has 5 nitrogen and oxygen atoms in total. The first-order valence-electron chi connectivity index (χ1n) is 8.95. The molecule has 0 bridgehead atoms. The summed E-state index contributed by atoms with van der Waals surface area (Å²) in [5.74, 6) is 0.286. The zero-order valence-corrected chi connectivity index (χ0v) is 17.0. The average Bonchev–Trinajstić information content (AvgIpc) is 3.16. The Hall–Kier alpha value is -2.83. The maximum Gasteiger partial charge on any atom is 0.326 e. The van der Waals surface area contributed by atoms with Gasteiger partial charge in [-0.2, -0.15) is 0 Å². The Morgan fingerprint density at radius 3 is 2.66 bits per heavy atom. The maximum atomic E-state index is 14.4. The van der Waals surface area contributed by atoms with E-state index in [1.54, 1.807) is 49.6 Å². The molecule has 0 aliphatic carbocycles. The molecule has 0 saturated heterocycles. The van der Waals surface area contributed by atoms with Crippen LogP contribution >= 0.6 is 23.2 Å². The number of nitrogens with one attached hydrogen (secondary N) is 1. The van der Waals surface area contributed by atoms with Gasteiger partial charge in [0.15, 0.2) is 0 Å². The van der Waals surface area contributed by atoms with Crippen LogP contribution in [0.25, 0.3) is 0 Å². The van der Waals surface area contributed by atoms with E-state index in [4.69, 9.17) is 23.2 Å². The summed E-state index contributed by atoms with van der Waals surface area (Å²) in [6.07, 6.45) is 2.33. The fourth-order valence-corrected chi connectivity index (χ4v) is 3.82. The SMILES string of the molecule is CN(C(=O)Nc1c(Cl)cccc1Cl)c1ccnc(N2CCc3cccc(F)c32)c1. The van der Waals surface area contributed by atoms with Crippen LogP contribution in [-0.4, -0.2) is 24.6 Å². The molecule has 1 aliphatic rings. The van der Waals surface area contributed by atoms with Crippen LogP contribution in [0.15, 0.2) is 54.7 Å². The molecule has 2 heterocycles. The lowest BCUT2D eigenvalue weighted by Gasteiger charge is -2.23. The van der Waals surface area contributed by atoms with Crippen molar-refractivity contribution < 1.29 is 9.18 Å². The minimum Gasteiger partial charge on any atom is -0.323 e. The summed E-state index contributed by atoms with van der Waals surface area (Å²) in [6, 6.07) is 13.1. The fourth-order valence-electron chi connectivity index (χ4n) is 3.33. The fraction of sp³-hybridized carbons (Fsp3) is 0.143. The molecule has 3 aromatic rings. The van der Waals surface area contributed by atoms with E-state index in [-0.39, 0.29) is 5.82 Å². The predicted molar refractivity (Wildman–Crippen MR) is 115 cm³/mol. The van der Waals surface area contributed by atoms with E-state index >= 15 is 0 Å². The van der Waals surface area contributed by atoms with E-state index in [1.165, 1.54) is 11.0 Å². The molecule has 0 spiro atoms. The Bertz CT molecular complexity index is 1070. The smallest absolute Gasteiger partial charge is 0.323 e. The Kier molecular flexibility index (Phi) is 5.30. The lowest BCUT2D eigenvalue weighted by molar-refractivity contribution is 0.258. The third-order valence-corrected chi connectivity index (χ3v) is 5.47. The van der Waals surface area contributed by atoms with Gasteiger partial charge < -0.3 is 10.2 Å².